The van der Waals surface area contributed by atoms with Gasteiger partial charge in [-0.2, -0.15) is 0 Å². The molecule has 0 saturated carbocycles. The van der Waals surface area contributed by atoms with Crippen molar-refractivity contribution < 1.29 is 9.59 Å². The van der Waals surface area contributed by atoms with Crippen molar-refractivity contribution in [2.45, 2.75) is 57.1 Å². The number of rotatable bonds is 11. The van der Waals surface area contributed by atoms with Crippen LogP contribution < -0.4 is 5.32 Å². The third-order valence-electron chi connectivity index (χ3n) is 6.05. The van der Waals surface area contributed by atoms with Gasteiger partial charge in [0.1, 0.15) is 6.04 Å². The molecular formula is C29H32Cl2N2O2S. The van der Waals surface area contributed by atoms with Crippen LogP contribution in [0.25, 0.3) is 0 Å². The molecule has 0 heterocycles. The van der Waals surface area contributed by atoms with E-state index in [0.717, 1.165) is 22.4 Å². The van der Waals surface area contributed by atoms with E-state index in [-0.39, 0.29) is 30.2 Å². The number of aryl methyl sites for hydroxylation is 1. The minimum atomic E-state index is -0.722. The normalized spacial score (nSPS) is 12.6. The lowest BCUT2D eigenvalue weighted by Crippen LogP contribution is -2.52. The monoisotopic (exact) mass is 542 g/mol. The summed E-state index contributed by atoms with van der Waals surface area (Å²) < 4.78 is 0. The molecule has 1 N–H and O–H groups in total. The van der Waals surface area contributed by atoms with Gasteiger partial charge < -0.3 is 10.2 Å². The topological polar surface area (TPSA) is 49.4 Å². The van der Waals surface area contributed by atoms with E-state index in [1.165, 1.54) is 11.8 Å². The van der Waals surface area contributed by atoms with Crippen LogP contribution >= 0.6 is 35.0 Å². The Morgan fingerprint density at radius 3 is 2.19 bits per heavy atom. The smallest absolute Gasteiger partial charge is 0.243 e. The minimum absolute atomic E-state index is 0.0152. The van der Waals surface area contributed by atoms with Crippen molar-refractivity contribution in [2.24, 2.45) is 0 Å². The van der Waals surface area contributed by atoms with E-state index in [1.54, 1.807) is 23.1 Å². The minimum Gasteiger partial charge on any atom is -0.352 e. The first-order chi connectivity index (χ1) is 17.3. The Morgan fingerprint density at radius 1 is 0.944 bits per heavy atom. The number of nitrogens with zero attached hydrogens (tertiary/aromatic N) is 1. The third-order valence-corrected chi connectivity index (χ3v) is 7.75. The number of carbonyl (C=O) groups is 2. The van der Waals surface area contributed by atoms with E-state index in [1.807, 2.05) is 75.4 Å². The van der Waals surface area contributed by atoms with Gasteiger partial charge in [0.25, 0.3) is 0 Å². The number of thioether (sulfide) groups is 1. The number of hydrogen-bond acceptors (Lipinski definition) is 3. The van der Waals surface area contributed by atoms with Crippen molar-refractivity contribution in [3.8, 4) is 0 Å². The lowest BCUT2D eigenvalue weighted by atomic mass is 10.0. The van der Waals surface area contributed by atoms with Crippen molar-refractivity contribution >= 4 is 46.8 Å². The Balaban J connectivity index is 1.95. The SMILES string of the molecule is CC[C@H](C)NC(=O)[C@@H](Cc1ccccc1)N(Cc1c(Cl)cccc1Cl)C(=O)CSc1ccc(C)cc1. The molecule has 2 amide bonds. The molecule has 0 fully saturated rings. The van der Waals surface area contributed by atoms with Gasteiger partial charge in [0, 0.05) is 39.5 Å². The Morgan fingerprint density at radius 2 is 1.58 bits per heavy atom. The third kappa shape index (κ3) is 8.02. The van der Waals surface area contributed by atoms with Crippen molar-refractivity contribution in [1.29, 1.82) is 0 Å². The quantitative estimate of drug-likeness (QED) is 0.266. The van der Waals surface area contributed by atoms with E-state index in [9.17, 15) is 9.59 Å². The molecule has 0 saturated heterocycles. The average molecular weight is 544 g/mol. The van der Waals surface area contributed by atoms with E-state index >= 15 is 0 Å². The molecule has 0 aliphatic carbocycles. The van der Waals surface area contributed by atoms with Crippen LogP contribution in [0.4, 0.5) is 0 Å². The second-order valence-electron chi connectivity index (χ2n) is 8.85. The molecule has 3 aromatic carbocycles. The molecule has 7 heteroatoms. The number of hydrogen-bond donors (Lipinski definition) is 1. The molecule has 36 heavy (non-hydrogen) atoms. The van der Waals surface area contributed by atoms with Crippen molar-refractivity contribution in [1.82, 2.24) is 10.2 Å². The molecule has 190 valence electrons. The van der Waals surface area contributed by atoms with Crippen LogP contribution in [0.15, 0.2) is 77.7 Å². The maximum absolute atomic E-state index is 13.7. The van der Waals surface area contributed by atoms with E-state index in [4.69, 9.17) is 23.2 Å². The molecule has 0 aliphatic rings. The fourth-order valence-electron chi connectivity index (χ4n) is 3.71. The lowest BCUT2D eigenvalue weighted by Gasteiger charge is -2.32. The van der Waals surface area contributed by atoms with Gasteiger partial charge in [-0.3, -0.25) is 9.59 Å². The summed E-state index contributed by atoms with van der Waals surface area (Å²) in [6.45, 7) is 6.14. The first-order valence-corrected chi connectivity index (χ1v) is 13.8. The Bertz CT molecular complexity index is 1140. The number of benzene rings is 3. The molecule has 3 aromatic rings. The maximum Gasteiger partial charge on any atom is 0.243 e. The van der Waals surface area contributed by atoms with E-state index in [0.29, 0.717) is 22.0 Å². The molecule has 0 bridgehead atoms. The second-order valence-corrected chi connectivity index (χ2v) is 10.7. The van der Waals surface area contributed by atoms with E-state index < -0.39 is 6.04 Å². The van der Waals surface area contributed by atoms with Crippen LogP contribution in [-0.4, -0.2) is 34.6 Å². The number of amides is 2. The highest BCUT2D eigenvalue weighted by Gasteiger charge is 2.31. The van der Waals surface area contributed by atoms with Crippen LogP contribution in [0.3, 0.4) is 0 Å². The van der Waals surface area contributed by atoms with Gasteiger partial charge >= 0.3 is 0 Å². The largest absolute Gasteiger partial charge is 0.352 e. The first kappa shape index (κ1) is 28.1. The fourth-order valence-corrected chi connectivity index (χ4v) is 5.01. The van der Waals surface area contributed by atoms with Crippen LogP contribution in [-0.2, 0) is 22.6 Å². The first-order valence-electron chi connectivity index (χ1n) is 12.0. The summed E-state index contributed by atoms with van der Waals surface area (Å²) in [4.78, 5) is 29.9. The number of nitrogens with one attached hydrogen (secondary N) is 1. The number of halogens is 2. The summed E-state index contributed by atoms with van der Waals surface area (Å²) in [6, 6.07) is 22.3. The van der Waals surface area contributed by atoms with Gasteiger partial charge in [-0.15, -0.1) is 11.8 Å². The summed E-state index contributed by atoms with van der Waals surface area (Å²) in [6.07, 6.45) is 1.17. The Hall–Kier alpha value is -2.47. The predicted octanol–water partition coefficient (Wildman–Crippen LogP) is 6.95. The summed E-state index contributed by atoms with van der Waals surface area (Å²) in [5.41, 5.74) is 2.75. The van der Waals surface area contributed by atoms with Crippen LogP contribution in [0.5, 0.6) is 0 Å². The van der Waals surface area contributed by atoms with Crippen molar-refractivity contribution in [3.63, 3.8) is 0 Å². The highest BCUT2D eigenvalue weighted by atomic mass is 35.5. The zero-order valence-electron chi connectivity index (χ0n) is 20.8. The molecule has 4 nitrogen and oxygen atoms in total. The van der Waals surface area contributed by atoms with Crippen molar-refractivity contribution in [3.05, 3.63) is 99.5 Å². The van der Waals surface area contributed by atoms with Gasteiger partial charge in [-0.05, 0) is 50.1 Å². The number of carbonyl (C=O) groups excluding carboxylic acids is 2. The van der Waals surface area contributed by atoms with Crippen molar-refractivity contribution in [2.75, 3.05) is 5.75 Å². The lowest BCUT2D eigenvalue weighted by molar-refractivity contribution is -0.139. The maximum atomic E-state index is 13.7. The molecule has 0 unspecified atom stereocenters. The van der Waals surface area contributed by atoms with Gasteiger partial charge in [0.2, 0.25) is 11.8 Å². The van der Waals surface area contributed by atoms with Gasteiger partial charge in [0.05, 0.1) is 5.75 Å². The predicted molar refractivity (Wildman–Crippen MR) is 151 cm³/mol. The van der Waals surface area contributed by atoms with Crippen LogP contribution in [0, 0.1) is 6.92 Å². The summed E-state index contributed by atoms with van der Waals surface area (Å²) >= 11 is 14.4. The highest BCUT2D eigenvalue weighted by molar-refractivity contribution is 8.00. The molecule has 3 rings (SSSR count). The Kier molecular flexibility index (Phi) is 10.7. The Labute approximate surface area is 228 Å². The van der Waals surface area contributed by atoms with Gasteiger partial charge in [-0.1, -0.05) is 84.2 Å². The molecule has 0 aromatic heterocycles. The summed E-state index contributed by atoms with van der Waals surface area (Å²) in [7, 11) is 0. The highest BCUT2D eigenvalue weighted by Crippen LogP contribution is 2.28. The van der Waals surface area contributed by atoms with Gasteiger partial charge in [-0.25, -0.2) is 0 Å². The summed E-state index contributed by atoms with van der Waals surface area (Å²) in [5.74, 6) is -0.158. The average Bonchev–Trinajstić information content (AvgIpc) is 2.87. The molecule has 2 atom stereocenters. The zero-order valence-corrected chi connectivity index (χ0v) is 23.2. The summed E-state index contributed by atoms with van der Waals surface area (Å²) in [5, 5.41) is 4.00. The fraction of sp³-hybridized carbons (Fsp3) is 0.310. The molecule has 0 radical (unpaired) electrons. The standard InChI is InChI=1S/C29H32Cl2N2O2S/c1-4-21(3)32-29(35)27(17-22-9-6-5-7-10-22)33(18-24-25(30)11-8-12-26(24)31)28(34)19-36-23-15-13-20(2)14-16-23/h5-16,21,27H,4,17-19H2,1-3H3,(H,32,35)/t21-,27+/m0/s1. The van der Waals surface area contributed by atoms with Crippen LogP contribution in [0.2, 0.25) is 10.0 Å². The molecule has 0 aliphatic heterocycles. The zero-order chi connectivity index (χ0) is 26.1. The second kappa shape index (κ2) is 13.7. The molecule has 0 spiro atoms. The van der Waals surface area contributed by atoms with Crippen LogP contribution in [0.1, 0.15) is 37.0 Å². The molecular weight excluding hydrogens is 511 g/mol. The van der Waals surface area contributed by atoms with E-state index in [2.05, 4.69) is 5.32 Å². The van der Waals surface area contributed by atoms with Gasteiger partial charge in [0.15, 0.2) is 0 Å².